The molecule has 0 bridgehead atoms. The van der Waals surface area contributed by atoms with Crippen molar-refractivity contribution in [1.82, 2.24) is 16.0 Å². The summed E-state index contributed by atoms with van der Waals surface area (Å²) in [6, 6.07) is 6.97. The molecule has 1 aromatic carbocycles. The van der Waals surface area contributed by atoms with Gasteiger partial charge in [0.1, 0.15) is 5.82 Å². The lowest BCUT2D eigenvalue weighted by Gasteiger charge is -2.19. The zero-order valence-corrected chi connectivity index (χ0v) is 17.4. The highest BCUT2D eigenvalue weighted by Gasteiger charge is 2.45. The molecular formula is C18H28FIN4O. The topological polar surface area (TPSA) is 65.5 Å². The summed E-state index contributed by atoms with van der Waals surface area (Å²) in [6.07, 6.45) is 1.95. The third kappa shape index (κ3) is 6.13. The van der Waals surface area contributed by atoms with Crippen molar-refractivity contribution < 1.29 is 9.18 Å². The first-order valence-electron chi connectivity index (χ1n) is 8.46. The molecule has 1 amide bonds. The number of carbonyl (C=O) groups is 1. The van der Waals surface area contributed by atoms with Crippen LogP contribution in [-0.4, -0.2) is 38.5 Å². The SMILES string of the molecule is CN=C(NCCNC(=O)C(C)C)NCC1(c2ccccc2F)CC1.I. The first-order chi connectivity index (χ1) is 11.5. The molecule has 1 aliphatic carbocycles. The average Bonchev–Trinajstić information content (AvgIpc) is 3.35. The van der Waals surface area contributed by atoms with E-state index in [-0.39, 0.29) is 47.0 Å². The molecule has 5 nitrogen and oxygen atoms in total. The maximum Gasteiger partial charge on any atom is 0.222 e. The summed E-state index contributed by atoms with van der Waals surface area (Å²) in [4.78, 5) is 15.7. The molecule has 3 N–H and O–H groups in total. The van der Waals surface area contributed by atoms with Crippen LogP contribution in [-0.2, 0) is 10.2 Å². The monoisotopic (exact) mass is 462 g/mol. The summed E-state index contributed by atoms with van der Waals surface area (Å²) >= 11 is 0. The molecule has 7 heteroatoms. The Hall–Kier alpha value is -1.38. The second-order valence-corrected chi connectivity index (χ2v) is 6.56. The van der Waals surface area contributed by atoms with Gasteiger partial charge in [0.15, 0.2) is 5.96 Å². The Morgan fingerprint density at radius 3 is 2.40 bits per heavy atom. The third-order valence-corrected chi connectivity index (χ3v) is 4.36. The molecule has 0 atom stereocenters. The first-order valence-corrected chi connectivity index (χ1v) is 8.46. The van der Waals surface area contributed by atoms with Crippen molar-refractivity contribution in [2.24, 2.45) is 10.9 Å². The molecule has 0 spiro atoms. The molecule has 2 rings (SSSR count). The molecular weight excluding hydrogens is 434 g/mol. The lowest BCUT2D eigenvalue weighted by atomic mass is 9.95. The van der Waals surface area contributed by atoms with Crippen molar-refractivity contribution in [3.05, 3.63) is 35.6 Å². The predicted octanol–water partition coefficient (Wildman–Crippen LogP) is 2.41. The van der Waals surface area contributed by atoms with E-state index >= 15 is 0 Å². The zero-order chi connectivity index (χ0) is 17.6. The average molecular weight is 462 g/mol. The Kier molecular flexibility index (Phi) is 8.61. The molecule has 0 radical (unpaired) electrons. The molecule has 25 heavy (non-hydrogen) atoms. The van der Waals surface area contributed by atoms with Gasteiger partial charge in [-0.15, -0.1) is 24.0 Å². The Morgan fingerprint density at radius 1 is 1.20 bits per heavy atom. The van der Waals surface area contributed by atoms with Crippen LogP contribution in [0.3, 0.4) is 0 Å². The fourth-order valence-electron chi connectivity index (χ4n) is 2.63. The van der Waals surface area contributed by atoms with Crippen LogP contribution in [0, 0.1) is 11.7 Å². The van der Waals surface area contributed by atoms with Crippen LogP contribution in [0.1, 0.15) is 32.3 Å². The predicted molar refractivity (Wildman–Crippen MR) is 110 cm³/mol. The summed E-state index contributed by atoms with van der Waals surface area (Å²) in [5.41, 5.74) is 0.645. The van der Waals surface area contributed by atoms with Gasteiger partial charge in [0.25, 0.3) is 0 Å². The number of nitrogens with zero attached hydrogens (tertiary/aromatic N) is 1. The highest BCUT2D eigenvalue weighted by molar-refractivity contribution is 14.0. The number of benzene rings is 1. The standard InChI is InChI=1S/C18H27FN4O.HI/c1-13(2)16(24)21-10-11-22-17(20-3)23-12-18(8-9-18)14-6-4-5-7-15(14)19;/h4-7,13H,8-12H2,1-3H3,(H,21,24)(H2,20,22,23);1H. The van der Waals surface area contributed by atoms with Crippen LogP contribution in [0.2, 0.25) is 0 Å². The van der Waals surface area contributed by atoms with Crippen LogP contribution in [0.25, 0.3) is 0 Å². The van der Waals surface area contributed by atoms with E-state index in [9.17, 15) is 9.18 Å². The van der Waals surface area contributed by atoms with Crippen molar-refractivity contribution in [1.29, 1.82) is 0 Å². The van der Waals surface area contributed by atoms with E-state index < -0.39 is 0 Å². The van der Waals surface area contributed by atoms with Crippen molar-refractivity contribution in [3.63, 3.8) is 0 Å². The van der Waals surface area contributed by atoms with Gasteiger partial charge in [-0.25, -0.2) is 4.39 Å². The number of carbonyl (C=O) groups excluding carboxylic acids is 1. The zero-order valence-electron chi connectivity index (χ0n) is 15.1. The Balaban J connectivity index is 0.00000312. The van der Waals surface area contributed by atoms with E-state index in [1.165, 1.54) is 6.07 Å². The van der Waals surface area contributed by atoms with Crippen molar-refractivity contribution >= 4 is 35.8 Å². The van der Waals surface area contributed by atoms with Gasteiger partial charge in [-0.3, -0.25) is 9.79 Å². The summed E-state index contributed by atoms with van der Waals surface area (Å²) < 4.78 is 14.0. The minimum Gasteiger partial charge on any atom is -0.356 e. The minimum absolute atomic E-state index is 0. The van der Waals surface area contributed by atoms with E-state index in [1.807, 2.05) is 26.0 Å². The number of hydrogen-bond donors (Lipinski definition) is 3. The van der Waals surface area contributed by atoms with Gasteiger partial charge in [-0.05, 0) is 24.5 Å². The van der Waals surface area contributed by atoms with Gasteiger partial charge in [0.05, 0.1) is 0 Å². The summed E-state index contributed by atoms with van der Waals surface area (Å²) in [5.74, 6) is 0.543. The van der Waals surface area contributed by atoms with Gasteiger partial charge >= 0.3 is 0 Å². The Bertz CT molecular complexity index is 602. The maximum absolute atomic E-state index is 14.0. The molecule has 0 heterocycles. The highest BCUT2D eigenvalue weighted by atomic mass is 127. The molecule has 1 aliphatic rings. The van der Waals surface area contributed by atoms with E-state index in [0.29, 0.717) is 25.6 Å². The van der Waals surface area contributed by atoms with Crippen LogP contribution >= 0.6 is 24.0 Å². The van der Waals surface area contributed by atoms with Crippen molar-refractivity contribution in [2.75, 3.05) is 26.7 Å². The first kappa shape index (κ1) is 21.7. The largest absolute Gasteiger partial charge is 0.356 e. The molecule has 0 aromatic heterocycles. The quantitative estimate of drug-likeness (QED) is 0.253. The van der Waals surface area contributed by atoms with Crippen LogP contribution < -0.4 is 16.0 Å². The molecule has 1 fully saturated rings. The molecule has 1 aromatic rings. The summed E-state index contributed by atoms with van der Waals surface area (Å²) in [5, 5.41) is 9.27. The number of nitrogens with one attached hydrogen (secondary N) is 3. The molecule has 140 valence electrons. The number of halogens is 2. The minimum atomic E-state index is -0.142. The number of hydrogen-bond acceptors (Lipinski definition) is 2. The van der Waals surface area contributed by atoms with Crippen LogP contribution in [0.5, 0.6) is 0 Å². The van der Waals surface area contributed by atoms with Gasteiger partial charge in [-0.1, -0.05) is 32.0 Å². The summed E-state index contributed by atoms with van der Waals surface area (Å²) in [6.45, 7) is 5.50. The fraction of sp³-hybridized carbons (Fsp3) is 0.556. The normalized spacial score (nSPS) is 15.3. The van der Waals surface area contributed by atoms with Gasteiger partial charge in [-0.2, -0.15) is 0 Å². The molecule has 0 aliphatic heterocycles. The molecule has 1 saturated carbocycles. The van der Waals surface area contributed by atoms with E-state index in [1.54, 1.807) is 13.1 Å². The number of guanidine groups is 1. The Morgan fingerprint density at radius 2 is 1.84 bits per heavy atom. The van der Waals surface area contributed by atoms with Crippen LogP contribution in [0.15, 0.2) is 29.3 Å². The van der Waals surface area contributed by atoms with Crippen molar-refractivity contribution in [2.45, 2.75) is 32.1 Å². The highest BCUT2D eigenvalue weighted by Crippen LogP contribution is 2.48. The smallest absolute Gasteiger partial charge is 0.222 e. The second kappa shape index (κ2) is 9.94. The third-order valence-electron chi connectivity index (χ3n) is 4.36. The van der Waals surface area contributed by atoms with Crippen molar-refractivity contribution in [3.8, 4) is 0 Å². The van der Waals surface area contributed by atoms with Gasteiger partial charge < -0.3 is 16.0 Å². The van der Waals surface area contributed by atoms with E-state index in [4.69, 9.17) is 0 Å². The number of rotatable bonds is 7. The molecule has 0 unspecified atom stereocenters. The van der Waals surface area contributed by atoms with Gasteiger partial charge in [0, 0.05) is 38.0 Å². The number of aliphatic imine (C=N–C) groups is 1. The molecule has 0 saturated heterocycles. The number of amides is 1. The van der Waals surface area contributed by atoms with Crippen LogP contribution in [0.4, 0.5) is 4.39 Å². The van der Waals surface area contributed by atoms with E-state index in [2.05, 4.69) is 20.9 Å². The lowest BCUT2D eigenvalue weighted by Crippen LogP contribution is -2.44. The maximum atomic E-state index is 14.0. The van der Waals surface area contributed by atoms with Gasteiger partial charge in [0.2, 0.25) is 5.91 Å². The fourth-order valence-corrected chi connectivity index (χ4v) is 2.63. The van der Waals surface area contributed by atoms with E-state index in [0.717, 1.165) is 18.4 Å². The summed E-state index contributed by atoms with van der Waals surface area (Å²) in [7, 11) is 1.70. The lowest BCUT2D eigenvalue weighted by molar-refractivity contribution is -0.123. The Labute approximate surface area is 166 Å². The second-order valence-electron chi connectivity index (χ2n) is 6.56.